The molecule has 0 spiro atoms. The van der Waals surface area contributed by atoms with E-state index < -0.39 is 24.0 Å². The lowest BCUT2D eigenvalue weighted by molar-refractivity contribution is -0.141. The summed E-state index contributed by atoms with van der Waals surface area (Å²) in [5, 5.41) is 26.0. The van der Waals surface area contributed by atoms with Crippen molar-refractivity contribution in [3.8, 4) is 17.3 Å². The Morgan fingerprint density at radius 3 is 2.44 bits per heavy atom. The van der Waals surface area contributed by atoms with Crippen LogP contribution in [0.25, 0.3) is 11.3 Å². The number of nitrogens with zero attached hydrogens (tertiary/aromatic N) is 8. The van der Waals surface area contributed by atoms with Crippen LogP contribution < -0.4 is 5.32 Å². The third kappa shape index (κ3) is 6.87. The molecule has 2 amide bonds. The van der Waals surface area contributed by atoms with Gasteiger partial charge in [0.15, 0.2) is 11.5 Å². The van der Waals surface area contributed by atoms with E-state index >= 15 is 0 Å². The van der Waals surface area contributed by atoms with Gasteiger partial charge in [0.25, 0.3) is 11.8 Å². The fourth-order valence-electron chi connectivity index (χ4n) is 6.00. The number of aliphatic hydroxyl groups is 1. The van der Waals surface area contributed by atoms with Crippen LogP contribution in [0.4, 0.5) is 18.9 Å². The number of anilines is 1. The van der Waals surface area contributed by atoms with E-state index in [0.717, 1.165) is 43.0 Å². The lowest BCUT2D eigenvalue weighted by Crippen LogP contribution is -2.54. The minimum Gasteiger partial charge on any atom is -0.378 e. The molecule has 2 N–H and O–H groups in total. The van der Waals surface area contributed by atoms with Gasteiger partial charge in [0.1, 0.15) is 12.8 Å². The first kappa shape index (κ1) is 32.1. The summed E-state index contributed by atoms with van der Waals surface area (Å²) in [7, 11) is 3.50. The third-order valence-corrected chi connectivity index (χ3v) is 8.61. The van der Waals surface area contributed by atoms with Crippen molar-refractivity contribution in [2.75, 3.05) is 51.6 Å². The Bertz CT molecular complexity index is 1590. The fourth-order valence-corrected chi connectivity index (χ4v) is 6.00. The van der Waals surface area contributed by atoms with Gasteiger partial charge in [-0.1, -0.05) is 0 Å². The molecule has 12 nitrogen and oxygen atoms in total. The van der Waals surface area contributed by atoms with Crippen molar-refractivity contribution in [2.24, 2.45) is 13.0 Å². The molecular formula is C30H36F3N9O3. The highest BCUT2D eigenvalue weighted by Gasteiger charge is 2.39. The molecule has 1 aromatic carbocycles. The maximum Gasteiger partial charge on any atom is 0.435 e. The van der Waals surface area contributed by atoms with Crippen LogP contribution in [0, 0.1) is 24.2 Å². The van der Waals surface area contributed by atoms with Crippen molar-refractivity contribution in [1.29, 1.82) is 5.26 Å². The second kappa shape index (κ2) is 13.0. The number of benzene rings is 1. The van der Waals surface area contributed by atoms with Crippen LogP contribution >= 0.6 is 0 Å². The molecule has 0 radical (unpaired) electrons. The lowest BCUT2D eigenvalue weighted by atomic mass is 9.94. The Morgan fingerprint density at radius 2 is 1.82 bits per heavy atom. The number of alkyl halides is 3. The molecular weight excluding hydrogens is 591 g/mol. The van der Waals surface area contributed by atoms with Crippen molar-refractivity contribution in [1.82, 2.24) is 34.0 Å². The number of hydrogen-bond donors (Lipinski definition) is 2. The molecule has 5 rings (SSSR count). The van der Waals surface area contributed by atoms with E-state index in [1.54, 1.807) is 36.1 Å². The molecule has 0 bridgehead atoms. The topological polar surface area (TPSA) is 136 Å². The highest BCUT2D eigenvalue weighted by Crippen LogP contribution is 2.36. The Hall–Kier alpha value is -4.26. The molecule has 2 aliphatic rings. The molecule has 3 aromatic rings. The van der Waals surface area contributed by atoms with Crippen LogP contribution in [0.2, 0.25) is 0 Å². The quantitative estimate of drug-likeness (QED) is 0.409. The average Bonchev–Trinajstić information content (AvgIpc) is 3.60. The predicted molar refractivity (Wildman–Crippen MR) is 158 cm³/mol. The number of piperazine rings is 1. The first-order chi connectivity index (χ1) is 21.4. The van der Waals surface area contributed by atoms with Crippen LogP contribution in [-0.4, -0.2) is 103 Å². The van der Waals surface area contributed by atoms with Gasteiger partial charge in [-0.3, -0.25) is 19.2 Å². The second-order valence-electron chi connectivity index (χ2n) is 11.6. The molecule has 4 heterocycles. The Kier molecular flexibility index (Phi) is 9.28. The number of amides is 2. The van der Waals surface area contributed by atoms with Crippen molar-refractivity contribution >= 4 is 17.5 Å². The smallest absolute Gasteiger partial charge is 0.378 e. The van der Waals surface area contributed by atoms with Crippen LogP contribution in [0.15, 0.2) is 30.6 Å². The molecule has 2 aliphatic heterocycles. The zero-order valence-corrected chi connectivity index (χ0v) is 25.4. The zero-order valence-electron chi connectivity index (χ0n) is 25.4. The number of imidazole rings is 1. The zero-order chi connectivity index (χ0) is 32.5. The van der Waals surface area contributed by atoms with E-state index in [9.17, 15) is 27.9 Å². The summed E-state index contributed by atoms with van der Waals surface area (Å²) >= 11 is 0. The lowest BCUT2D eigenvalue weighted by Gasteiger charge is -2.41. The summed E-state index contributed by atoms with van der Waals surface area (Å²) in [4.78, 5) is 36.6. The molecule has 1 unspecified atom stereocenters. The molecule has 45 heavy (non-hydrogen) atoms. The van der Waals surface area contributed by atoms with Crippen molar-refractivity contribution in [3.05, 3.63) is 53.2 Å². The standard InChI is InChI=1S/C30H36F3N9O3/c1-19-16-21(4-5-22(19)29(45)41-14-12-40(13-15-41)28(44)20-6-9-38(2)10-7-20)36-27(43)26-35-17-24(39(26)3)23-18-42(11-8-34)37-25(23)30(31,32)33/h4-5,16-18,20,28,44H,6-7,9-15H2,1-3H3,(H,36,43). The number of halogens is 3. The number of rotatable bonds is 7. The SMILES string of the molecule is Cc1cc(NC(=O)c2ncc(-c3cn(CC#N)nc3C(F)(F)F)n2C)ccc1C(=O)N1CCN(C(O)C2CCN(C)CC2)CC1. The number of carbonyl (C=O) groups is 2. The summed E-state index contributed by atoms with van der Waals surface area (Å²) in [6.07, 6.45) is -1.13. The van der Waals surface area contributed by atoms with Crippen molar-refractivity contribution in [2.45, 2.75) is 38.7 Å². The third-order valence-electron chi connectivity index (χ3n) is 8.61. The van der Waals surface area contributed by atoms with E-state index in [4.69, 9.17) is 5.26 Å². The molecule has 2 aromatic heterocycles. The normalized spacial score (nSPS) is 17.7. The second-order valence-corrected chi connectivity index (χ2v) is 11.6. The van der Waals surface area contributed by atoms with Crippen molar-refractivity contribution in [3.63, 3.8) is 0 Å². The predicted octanol–water partition coefficient (Wildman–Crippen LogP) is 2.80. The van der Waals surface area contributed by atoms with E-state index in [1.165, 1.54) is 11.6 Å². The molecule has 0 saturated carbocycles. The summed E-state index contributed by atoms with van der Waals surface area (Å²) in [5.74, 6) is -0.690. The fraction of sp³-hybridized carbons (Fsp3) is 0.500. The number of hydrogen-bond acceptors (Lipinski definition) is 8. The Labute approximate surface area is 258 Å². The largest absolute Gasteiger partial charge is 0.435 e. The molecule has 0 aliphatic carbocycles. The van der Waals surface area contributed by atoms with Crippen LogP contribution in [-0.2, 0) is 19.8 Å². The minimum absolute atomic E-state index is 0.00718. The molecule has 240 valence electrons. The summed E-state index contributed by atoms with van der Waals surface area (Å²) in [5.41, 5.74) is 0.0499. The summed E-state index contributed by atoms with van der Waals surface area (Å²) in [6.45, 7) is 5.49. The number of aliphatic hydroxyl groups excluding tert-OH is 1. The van der Waals surface area contributed by atoms with Crippen LogP contribution in [0.5, 0.6) is 0 Å². The monoisotopic (exact) mass is 627 g/mol. The molecule has 1 atom stereocenters. The van der Waals surface area contributed by atoms with E-state index in [0.29, 0.717) is 43.0 Å². The molecule has 15 heteroatoms. The summed E-state index contributed by atoms with van der Waals surface area (Å²) < 4.78 is 43.0. The van der Waals surface area contributed by atoms with E-state index in [-0.39, 0.29) is 35.5 Å². The first-order valence-corrected chi connectivity index (χ1v) is 14.7. The average molecular weight is 628 g/mol. The maximum absolute atomic E-state index is 13.6. The van der Waals surface area contributed by atoms with Gasteiger partial charge < -0.3 is 24.8 Å². The van der Waals surface area contributed by atoms with Crippen molar-refractivity contribution < 1.29 is 27.9 Å². The van der Waals surface area contributed by atoms with Gasteiger partial charge in [-0.05, 0) is 63.7 Å². The van der Waals surface area contributed by atoms with Gasteiger partial charge in [0.2, 0.25) is 0 Å². The Balaban J connectivity index is 1.22. The highest BCUT2D eigenvalue weighted by molar-refractivity contribution is 6.03. The number of piperidine rings is 1. The van der Waals surface area contributed by atoms with Gasteiger partial charge in [0.05, 0.1) is 23.5 Å². The Morgan fingerprint density at radius 1 is 1.13 bits per heavy atom. The van der Waals surface area contributed by atoms with Crippen LogP contribution in [0.1, 0.15) is 45.1 Å². The number of nitriles is 1. The van der Waals surface area contributed by atoms with E-state index in [1.807, 2.05) is 0 Å². The number of likely N-dealkylation sites (tertiary alicyclic amines) is 1. The molecule has 2 fully saturated rings. The first-order valence-electron chi connectivity index (χ1n) is 14.7. The van der Waals surface area contributed by atoms with E-state index in [2.05, 4.69) is 32.2 Å². The van der Waals surface area contributed by atoms with Gasteiger partial charge in [-0.15, -0.1) is 0 Å². The minimum atomic E-state index is -4.78. The molecule has 2 saturated heterocycles. The number of aryl methyl sites for hydroxylation is 1. The van der Waals surface area contributed by atoms with Gasteiger partial charge in [-0.2, -0.15) is 23.5 Å². The number of carbonyl (C=O) groups excluding carboxylic acids is 2. The van der Waals surface area contributed by atoms with Gasteiger partial charge in [0, 0.05) is 56.6 Å². The van der Waals surface area contributed by atoms with Gasteiger partial charge in [-0.25, -0.2) is 4.98 Å². The maximum atomic E-state index is 13.6. The number of nitrogens with one attached hydrogen (secondary N) is 1. The summed E-state index contributed by atoms with van der Waals surface area (Å²) in [6, 6.07) is 6.64. The number of aromatic nitrogens is 4. The van der Waals surface area contributed by atoms with Gasteiger partial charge >= 0.3 is 6.18 Å². The van der Waals surface area contributed by atoms with Crippen LogP contribution in [0.3, 0.4) is 0 Å². The highest BCUT2D eigenvalue weighted by atomic mass is 19.4.